The first-order chi connectivity index (χ1) is 7.00. The van der Waals surface area contributed by atoms with Crippen LogP contribution in [0.4, 0.5) is 18.9 Å². The summed E-state index contributed by atoms with van der Waals surface area (Å²) in [5, 5.41) is 10.6. The van der Waals surface area contributed by atoms with Crippen molar-refractivity contribution < 1.29 is 23.1 Å². The van der Waals surface area contributed by atoms with Gasteiger partial charge in [0.25, 0.3) is 0 Å². The molecule has 0 aromatic heterocycles. The van der Waals surface area contributed by atoms with Crippen LogP contribution in [-0.4, -0.2) is 17.6 Å². The molecule has 0 atom stereocenters. The van der Waals surface area contributed by atoms with E-state index in [9.17, 15) is 18.0 Å². The van der Waals surface area contributed by atoms with E-state index in [2.05, 4.69) is 5.32 Å². The highest BCUT2D eigenvalue weighted by Gasteiger charge is 2.09. The lowest BCUT2D eigenvalue weighted by Crippen LogP contribution is -2.09. The molecule has 0 aliphatic heterocycles. The van der Waals surface area contributed by atoms with Crippen LogP contribution in [0.3, 0.4) is 0 Å². The first-order valence-electron chi connectivity index (χ1n) is 4.11. The van der Waals surface area contributed by atoms with Crippen molar-refractivity contribution in [2.24, 2.45) is 0 Å². The molecule has 0 saturated heterocycles. The molecule has 0 saturated carbocycles. The summed E-state index contributed by atoms with van der Waals surface area (Å²) in [5.74, 6) is -4.49. The minimum atomic E-state index is -1.28. The fraction of sp³-hybridized carbons (Fsp3) is 0.222. The summed E-state index contributed by atoms with van der Waals surface area (Å²) in [6.45, 7) is -0.0582. The number of benzene rings is 1. The summed E-state index contributed by atoms with van der Waals surface area (Å²) in [6, 6.07) is 1.05. The normalized spacial score (nSPS) is 10.1. The van der Waals surface area contributed by atoms with Crippen molar-refractivity contribution in [1.29, 1.82) is 0 Å². The second-order valence-corrected chi connectivity index (χ2v) is 2.82. The molecule has 0 unspecified atom stereocenters. The Kier molecular flexibility index (Phi) is 3.54. The van der Waals surface area contributed by atoms with Crippen molar-refractivity contribution in [3.8, 4) is 0 Å². The van der Waals surface area contributed by atoms with Crippen LogP contribution in [0.1, 0.15) is 6.42 Å². The Hall–Kier alpha value is -1.72. The number of hydrogen-bond donors (Lipinski definition) is 2. The maximum atomic E-state index is 12.9. The molecule has 0 bridgehead atoms. The Morgan fingerprint density at radius 3 is 2.40 bits per heavy atom. The average Bonchev–Trinajstić information content (AvgIpc) is 2.13. The third-order valence-corrected chi connectivity index (χ3v) is 1.66. The molecule has 82 valence electrons. The summed E-state index contributed by atoms with van der Waals surface area (Å²) in [4.78, 5) is 10.1. The van der Waals surface area contributed by atoms with E-state index < -0.39 is 23.4 Å². The maximum absolute atomic E-state index is 12.9. The summed E-state index contributed by atoms with van der Waals surface area (Å²) in [6.07, 6.45) is -0.238. The number of carbonyl (C=O) groups is 1. The first-order valence-corrected chi connectivity index (χ1v) is 4.11. The van der Waals surface area contributed by atoms with E-state index in [1.807, 2.05) is 0 Å². The van der Waals surface area contributed by atoms with Gasteiger partial charge in [0, 0.05) is 18.7 Å². The Labute approximate surface area is 83.5 Å². The zero-order valence-corrected chi connectivity index (χ0v) is 7.56. The molecule has 0 spiro atoms. The van der Waals surface area contributed by atoms with E-state index in [1.165, 1.54) is 0 Å². The van der Waals surface area contributed by atoms with Gasteiger partial charge in [-0.2, -0.15) is 0 Å². The minimum Gasteiger partial charge on any atom is -0.481 e. The largest absolute Gasteiger partial charge is 0.481 e. The van der Waals surface area contributed by atoms with Gasteiger partial charge in [-0.1, -0.05) is 0 Å². The van der Waals surface area contributed by atoms with Crippen molar-refractivity contribution in [1.82, 2.24) is 0 Å². The number of carboxylic acid groups (broad SMARTS) is 1. The highest BCUT2D eigenvalue weighted by molar-refractivity contribution is 5.67. The van der Waals surface area contributed by atoms with Gasteiger partial charge in [0.2, 0.25) is 0 Å². The lowest BCUT2D eigenvalue weighted by molar-refractivity contribution is -0.136. The zero-order valence-electron chi connectivity index (χ0n) is 7.56. The third-order valence-electron chi connectivity index (χ3n) is 1.66. The van der Waals surface area contributed by atoms with Crippen LogP contribution >= 0.6 is 0 Å². The summed E-state index contributed by atoms with van der Waals surface area (Å²) in [7, 11) is 0. The fourth-order valence-electron chi connectivity index (χ4n) is 0.962. The van der Waals surface area contributed by atoms with Crippen molar-refractivity contribution in [3.05, 3.63) is 29.6 Å². The molecule has 0 fully saturated rings. The van der Waals surface area contributed by atoms with Crippen LogP contribution in [-0.2, 0) is 4.79 Å². The van der Waals surface area contributed by atoms with E-state index in [-0.39, 0.29) is 18.7 Å². The molecule has 0 amide bonds. The first kappa shape index (κ1) is 11.4. The highest BCUT2D eigenvalue weighted by atomic mass is 19.2. The topological polar surface area (TPSA) is 49.3 Å². The van der Waals surface area contributed by atoms with E-state index in [0.29, 0.717) is 12.1 Å². The molecule has 0 radical (unpaired) electrons. The van der Waals surface area contributed by atoms with E-state index in [4.69, 9.17) is 5.11 Å². The molecule has 0 aliphatic carbocycles. The van der Waals surface area contributed by atoms with Crippen LogP contribution in [0.25, 0.3) is 0 Å². The second kappa shape index (κ2) is 4.68. The predicted molar refractivity (Wildman–Crippen MR) is 47.1 cm³/mol. The van der Waals surface area contributed by atoms with E-state index in [0.717, 1.165) is 0 Å². The molecule has 1 rings (SSSR count). The van der Waals surface area contributed by atoms with Crippen LogP contribution in [0.15, 0.2) is 12.1 Å². The van der Waals surface area contributed by atoms with Gasteiger partial charge >= 0.3 is 5.97 Å². The molecule has 15 heavy (non-hydrogen) atoms. The number of hydrogen-bond acceptors (Lipinski definition) is 2. The lowest BCUT2D eigenvalue weighted by Gasteiger charge is -2.06. The van der Waals surface area contributed by atoms with Gasteiger partial charge in [0.05, 0.1) is 12.1 Å². The second-order valence-electron chi connectivity index (χ2n) is 2.82. The molecule has 1 aromatic rings. The van der Waals surface area contributed by atoms with Crippen LogP contribution in [0.5, 0.6) is 0 Å². The van der Waals surface area contributed by atoms with Gasteiger partial charge in [-0.25, -0.2) is 13.2 Å². The van der Waals surface area contributed by atoms with Crippen LogP contribution in [0, 0.1) is 17.5 Å². The smallest absolute Gasteiger partial charge is 0.305 e. The van der Waals surface area contributed by atoms with Crippen molar-refractivity contribution >= 4 is 11.7 Å². The molecule has 6 heteroatoms. The molecule has 0 heterocycles. The number of anilines is 1. The van der Waals surface area contributed by atoms with Crippen LogP contribution in [0.2, 0.25) is 0 Å². The quantitative estimate of drug-likeness (QED) is 0.761. The van der Waals surface area contributed by atoms with Gasteiger partial charge in [-0.15, -0.1) is 0 Å². The predicted octanol–water partition coefficient (Wildman–Crippen LogP) is 1.99. The highest BCUT2D eigenvalue weighted by Crippen LogP contribution is 2.18. The Bertz CT molecular complexity index is 382. The number of rotatable bonds is 4. The fourth-order valence-corrected chi connectivity index (χ4v) is 0.962. The molecular weight excluding hydrogens is 211 g/mol. The summed E-state index contributed by atoms with van der Waals surface area (Å²) in [5.41, 5.74) is -0.254. The van der Waals surface area contributed by atoms with E-state index >= 15 is 0 Å². The lowest BCUT2D eigenvalue weighted by atomic mass is 10.2. The Balaban J connectivity index is 2.69. The number of nitrogens with one attached hydrogen (secondary N) is 1. The minimum absolute atomic E-state index is 0.0582. The van der Waals surface area contributed by atoms with Gasteiger partial charge in [0.15, 0.2) is 11.6 Å². The number of halogens is 3. The van der Waals surface area contributed by atoms with Crippen molar-refractivity contribution in [3.63, 3.8) is 0 Å². The van der Waals surface area contributed by atoms with Gasteiger partial charge < -0.3 is 10.4 Å². The molecule has 2 N–H and O–H groups in total. The van der Waals surface area contributed by atoms with E-state index in [1.54, 1.807) is 0 Å². The Morgan fingerprint density at radius 1 is 1.20 bits per heavy atom. The SMILES string of the molecule is O=C(O)CCNc1cc(F)c(F)cc1F. The average molecular weight is 219 g/mol. The monoisotopic (exact) mass is 219 g/mol. The number of aliphatic carboxylic acids is 1. The summed E-state index contributed by atoms with van der Waals surface area (Å²) >= 11 is 0. The van der Waals surface area contributed by atoms with Gasteiger partial charge in [0.1, 0.15) is 5.82 Å². The third kappa shape index (κ3) is 3.16. The summed E-state index contributed by atoms with van der Waals surface area (Å²) < 4.78 is 38.1. The van der Waals surface area contributed by atoms with Crippen LogP contribution < -0.4 is 5.32 Å². The molecule has 1 aromatic carbocycles. The maximum Gasteiger partial charge on any atom is 0.305 e. The zero-order chi connectivity index (χ0) is 11.4. The van der Waals surface area contributed by atoms with Gasteiger partial charge in [-0.05, 0) is 0 Å². The van der Waals surface area contributed by atoms with Crippen molar-refractivity contribution in [2.75, 3.05) is 11.9 Å². The molecule has 3 nitrogen and oxygen atoms in total. The molecule has 0 aliphatic rings. The van der Waals surface area contributed by atoms with Gasteiger partial charge in [-0.3, -0.25) is 4.79 Å². The Morgan fingerprint density at radius 2 is 1.80 bits per heavy atom. The number of carboxylic acids is 1. The standard InChI is InChI=1S/C9H8F3NO2/c10-5-3-7(12)8(4-6(5)11)13-2-1-9(14)15/h3-4,13H,1-2H2,(H,14,15). The molecular formula is C9H8F3NO2. The van der Waals surface area contributed by atoms with Crippen molar-refractivity contribution in [2.45, 2.75) is 6.42 Å².